The topological polar surface area (TPSA) is 174 Å². The number of amides is 5. The van der Waals surface area contributed by atoms with Gasteiger partial charge in [-0.2, -0.15) is 0 Å². The van der Waals surface area contributed by atoms with Crippen LogP contribution in [0.25, 0.3) is 0 Å². The molecule has 5 amide bonds. The summed E-state index contributed by atoms with van der Waals surface area (Å²) in [6, 6.07) is -3.35. The maximum absolute atomic E-state index is 14.8. The van der Waals surface area contributed by atoms with Crippen molar-refractivity contribution in [1.82, 2.24) is 26.2 Å². The van der Waals surface area contributed by atoms with Crippen molar-refractivity contribution in [2.24, 2.45) is 29.1 Å². The van der Waals surface area contributed by atoms with Gasteiger partial charge in [0, 0.05) is 13.1 Å². The smallest absolute Gasteiger partial charge is 0.316 e. The first-order valence-corrected chi connectivity index (χ1v) is 21.6. The Morgan fingerprint density at radius 2 is 1.74 bits per heavy atom. The van der Waals surface area contributed by atoms with Gasteiger partial charge in [-0.1, -0.05) is 66.0 Å². The number of fused-ring (bicyclic) bond motifs is 1. The molecule has 300 valence electrons. The van der Waals surface area contributed by atoms with Gasteiger partial charge in [-0.3, -0.25) is 14.4 Å². The molecule has 1 saturated heterocycles. The van der Waals surface area contributed by atoms with Gasteiger partial charge in [-0.25, -0.2) is 13.2 Å². The first-order valence-electron chi connectivity index (χ1n) is 19.9. The highest BCUT2D eigenvalue weighted by atomic mass is 32.2. The van der Waals surface area contributed by atoms with Gasteiger partial charge in [-0.15, -0.1) is 6.58 Å². The average Bonchev–Trinajstić information content (AvgIpc) is 3.39. The van der Waals surface area contributed by atoms with E-state index >= 15 is 0 Å². The maximum atomic E-state index is 14.8. The van der Waals surface area contributed by atoms with Crippen molar-refractivity contribution in [2.75, 3.05) is 18.8 Å². The number of piperidine rings is 1. The summed E-state index contributed by atoms with van der Waals surface area (Å²) in [5.41, 5.74) is -0.441. The van der Waals surface area contributed by atoms with E-state index in [0.29, 0.717) is 25.8 Å². The molecule has 3 fully saturated rings. The standard InChI is InChI=1S/C40H67N5O7S/c1-10-12-21-29(33(46)35(48)41-22-11-2)42-34(47)32-30-28(39(30,8)9)23-45(32)36(49)31(27-19-14-13-15-20-27)43-37(50)44-40(24-53(51,52)38(5,6)7)25(3)17-16-18-26(40)4/h11,19,25-26,28-33,46H,2,10,12-18,20-24H2,1,3-9H3,(H,41,48)(H,42,47)(H2,43,44,50)/t25-,26+,28-,29?,30-,31-,32-,33?,40?/m0/s1. The van der Waals surface area contributed by atoms with Gasteiger partial charge in [0.05, 0.1) is 22.1 Å². The minimum absolute atomic E-state index is 0.0710. The number of carbonyl (C=O) groups excluding carboxylic acids is 4. The predicted molar refractivity (Wildman–Crippen MR) is 207 cm³/mol. The third-order valence-corrected chi connectivity index (χ3v) is 15.7. The summed E-state index contributed by atoms with van der Waals surface area (Å²) >= 11 is 0. The molecule has 13 heteroatoms. The van der Waals surface area contributed by atoms with Gasteiger partial charge >= 0.3 is 6.03 Å². The van der Waals surface area contributed by atoms with Crippen molar-refractivity contribution in [2.45, 2.75) is 154 Å². The van der Waals surface area contributed by atoms with Gasteiger partial charge in [0.15, 0.2) is 15.9 Å². The summed E-state index contributed by atoms with van der Waals surface area (Å²) in [6.07, 6.45) is 9.55. The number of allylic oxidation sites excluding steroid dienone is 1. The fourth-order valence-electron chi connectivity index (χ4n) is 9.09. The Kier molecular flexibility index (Phi) is 13.6. The molecule has 1 aliphatic heterocycles. The second-order valence-electron chi connectivity index (χ2n) is 17.8. The van der Waals surface area contributed by atoms with Crippen LogP contribution in [0.15, 0.2) is 24.3 Å². The van der Waals surface area contributed by atoms with Crippen molar-refractivity contribution in [1.29, 1.82) is 0 Å². The fraction of sp³-hybridized carbons (Fsp3) is 0.800. The van der Waals surface area contributed by atoms with Crippen LogP contribution in [0.1, 0.15) is 120 Å². The lowest BCUT2D eigenvalue weighted by Gasteiger charge is -2.48. The SMILES string of the molecule is C=CCNC(=O)C(O)C(CCCC)NC(=O)[C@@H]1[C@@H]2[C@H](CN1C(=O)[C@@H](NC(=O)NC1(CS(=O)(=O)C(C)(C)C)[C@H](C)CCC[C@@H]1C)C1=CCCCC1)C2(C)C. The number of hydrogen-bond acceptors (Lipinski definition) is 7. The van der Waals surface area contributed by atoms with Crippen LogP contribution < -0.4 is 21.3 Å². The molecule has 9 atom stereocenters. The van der Waals surface area contributed by atoms with E-state index in [2.05, 4.69) is 41.7 Å². The van der Waals surface area contributed by atoms with Crippen molar-refractivity contribution >= 4 is 33.6 Å². The van der Waals surface area contributed by atoms with E-state index in [4.69, 9.17) is 0 Å². The zero-order valence-corrected chi connectivity index (χ0v) is 34.2. The van der Waals surface area contributed by atoms with Crippen LogP contribution in [0.3, 0.4) is 0 Å². The largest absolute Gasteiger partial charge is 0.381 e. The van der Waals surface area contributed by atoms with Gasteiger partial charge in [-0.05, 0) is 100 Å². The Bertz CT molecular complexity index is 1510. The summed E-state index contributed by atoms with van der Waals surface area (Å²) in [5.74, 6) is -1.91. The molecule has 0 aromatic heterocycles. The molecule has 0 aromatic rings. The number of unbranched alkanes of at least 4 members (excludes halogenated alkanes) is 1. The van der Waals surface area contributed by atoms with Gasteiger partial charge in [0.25, 0.3) is 5.91 Å². The summed E-state index contributed by atoms with van der Waals surface area (Å²) < 4.78 is 26.3. The number of aliphatic hydroxyl groups is 1. The number of aliphatic hydroxyl groups excluding tert-OH is 1. The highest BCUT2D eigenvalue weighted by molar-refractivity contribution is 7.92. The lowest BCUT2D eigenvalue weighted by molar-refractivity contribution is -0.142. The Labute approximate surface area is 318 Å². The third-order valence-electron chi connectivity index (χ3n) is 13.0. The Balaban J connectivity index is 1.63. The molecule has 3 unspecified atom stereocenters. The van der Waals surface area contributed by atoms with Crippen molar-refractivity contribution in [3.05, 3.63) is 24.3 Å². The van der Waals surface area contributed by atoms with Crippen molar-refractivity contribution in [3.8, 4) is 0 Å². The number of urea groups is 1. The molecule has 4 aliphatic rings. The van der Waals surface area contributed by atoms with Crippen LogP contribution in [-0.4, -0.2) is 95.5 Å². The molecule has 3 aliphatic carbocycles. The highest BCUT2D eigenvalue weighted by Gasteiger charge is 2.69. The van der Waals surface area contributed by atoms with E-state index < -0.39 is 62.2 Å². The first kappa shape index (κ1) is 42.8. The van der Waals surface area contributed by atoms with E-state index in [1.165, 1.54) is 6.08 Å². The molecule has 4 rings (SSSR count). The van der Waals surface area contributed by atoms with Crippen LogP contribution in [0.2, 0.25) is 0 Å². The van der Waals surface area contributed by atoms with Crippen LogP contribution in [0, 0.1) is 29.1 Å². The molecule has 53 heavy (non-hydrogen) atoms. The van der Waals surface area contributed by atoms with Crippen molar-refractivity contribution in [3.63, 3.8) is 0 Å². The first-order chi connectivity index (χ1) is 24.7. The molecule has 5 N–H and O–H groups in total. The number of carbonyl (C=O) groups is 4. The highest BCUT2D eigenvalue weighted by Crippen LogP contribution is 2.65. The molecule has 0 radical (unpaired) electrons. The number of sulfone groups is 1. The van der Waals surface area contributed by atoms with Gasteiger partial charge in [0.1, 0.15) is 12.1 Å². The number of hydrogen-bond donors (Lipinski definition) is 5. The minimum atomic E-state index is -3.63. The quantitative estimate of drug-likeness (QED) is 0.154. The van der Waals surface area contributed by atoms with E-state index in [1.807, 2.05) is 26.8 Å². The minimum Gasteiger partial charge on any atom is -0.381 e. The molecule has 0 aromatic carbocycles. The summed E-state index contributed by atoms with van der Waals surface area (Å²) in [7, 11) is -3.63. The second kappa shape index (κ2) is 16.8. The summed E-state index contributed by atoms with van der Waals surface area (Å²) in [5, 5.41) is 22.7. The Morgan fingerprint density at radius 3 is 2.30 bits per heavy atom. The third kappa shape index (κ3) is 9.14. The molecule has 0 bridgehead atoms. The normalized spacial score (nSPS) is 29.8. The Morgan fingerprint density at radius 1 is 1.08 bits per heavy atom. The van der Waals surface area contributed by atoms with E-state index in [9.17, 15) is 32.7 Å². The van der Waals surface area contributed by atoms with Crippen LogP contribution in [0.5, 0.6) is 0 Å². The van der Waals surface area contributed by atoms with E-state index in [-0.39, 0.29) is 47.3 Å². The van der Waals surface area contributed by atoms with Crippen LogP contribution >= 0.6 is 0 Å². The zero-order valence-electron chi connectivity index (χ0n) is 33.4. The number of rotatable bonds is 15. The zero-order chi connectivity index (χ0) is 39.5. The molecule has 1 heterocycles. The van der Waals surface area contributed by atoms with Crippen LogP contribution in [-0.2, 0) is 24.2 Å². The summed E-state index contributed by atoms with van der Waals surface area (Å²) in [6.45, 7) is 19.3. The fourth-order valence-corrected chi connectivity index (χ4v) is 10.8. The van der Waals surface area contributed by atoms with Gasteiger partial charge in [0.2, 0.25) is 11.8 Å². The lowest BCUT2D eigenvalue weighted by atomic mass is 9.68. The predicted octanol–water partition coefficient (Wildman–Crippen LogP) is 4.38. The number of nitrogens with zero attached hydrogens (tertiary/aromatic N) is 1. The Hall–Kier alpha value is -2.93. The van der Waals surface area contributed by atoms with E-state index in [0.717, 1.165) is 50.5 Å². The molecule has 2 saturated carbocycles. The summed E-state index contributed by atoms with van der Waals surface area (Å²) in [4.78, 5) is 57.6. The molecule has 12 nitrogen and oxygen atoms in total. The molecule has 0 spiro atoms. The monoisotopic (exact) mass is 761 g/mol. The van der Waals surface area contributed by atoms with E-state index in [1.54, 1.807) is 25.7 Å². The maximum Gasteiger partial charge on any atom is 0.316 e. The molecular weight excluding hydrogens is 695 g/mol. The van der Waals surface area contributed by atoms with Gasteiger partial charge < -0.3 is 31.3 Å². The number of likely N-dealkylation sites (tertiary alicyclic amines) is 1. The van der Waals surface area contributed by atoms with Crippen LogP contribution in [0.4, 0.5) is 4.79 Å². The second-order valence-corrected chi connectivity index (χ2v) is 20.6. The number of nitrogens with one attached hydrogen (secondary N) is 4. The molecular formula is C40H67N5O7S. The van der Waals surface area contributed by atoms with Crippen molar-refractivity contribution < 1.29 is 32.7 Å². The lowest BCUT2D eigenvalue weighted by Crippen LogP contribution is -2.67. The average molecular weight is 762 g/mol.